The highest BCUT2D eigenvalue weighted by Crippen LogP contribution is 2.67. The first-order chi connectivity index (χ1) is 25.7. The lowest BCUT2D eigenvalue weighted by atomic mass is 9.91. The van der Waals surface area contributed by atoms with E-state index in [1.54, 1.807) is 72.7 Å². The van der Waals surface area contributed by atoms with Gasteiger partial charge in [0.05, 0.1) is 42.3 Å². The van der Waals surface area contributed by atoms with Gasteiger partial charge in [-0.3, -0.25) is 4.79 Å². The summed E-state index contributed by atoms with van der Waals surface area (Å²) in [6.45, 7) is 12.7. The third-order valence-electron chi connectivity index (χ3n) is 9.77. The summed E-state index contributed by atoms with van der Waals surface area (Å²) in [5, 5.41) is 8.44. The number of rotatable bonds is 6. The summed E-state index contributed by atoms with van der Waals surface area (Å²) in [7, 11) is -0.135. The highest BCUT2D eigenvalue weighted by atomic mass is 32.2. The molecule has 4 heterocycles. The normalized spacial score (nSPS) is 20.4. The number of hydrogen-bond acceptors (Lipinski definition) is 14. The van der Waals surface area contributed by atoms with Crippen LogP contribution in [0.1, 0.15) is 70.8 Å². The molecule has 4 aromatic rings. The smallest absolute Gasteiger partial charge is 0.435 e. The molecular formula is C38H45N7O9S. The van der Waals surface area contributed by atoms with Gasteiger partial charge in [0.2, 0.25) is 11.7 Å². The van der Waals surface area contributed by atoms with E-state index in [1.165, 1.54) is 18.9 Å². The van der Waals surface area contributed by atoms with Crippen molar-refractivity contribution in [3.63, 3.8) is 0 Å². The quantitative estimate of drug-likeness (QED) is 0.255. The standard InChI is InChI=1S/C38H45N7O9S/c1-21-39-31(29(52-9)32(40-21)43-14-16-55(49,50)17-15-43)41-30-24-12-10-22(18-28(24)45(42-30)35(48)54-37(5,6)7)26-20-38(26)25-19-23(51-8)11-13-27(25)44(33(38)46)34(47)53-36(2,3)4/h10-13,18-19,26H,14-17,20H2,1-9H3,(H,39,40,41,42)/t26-,38-/m0/s1. The largest absolute Gasteiger partial charge is 0.497 e. The summed E-state index contributed by atoms with van der Waals surface area (Å²) in [6, 6.07) is 10.7. The van der Waals surface area contributed by atoms with Crippen molar-refractivity contribution >= 4 is 62.0 Å². The fraction of sp³-hybridized carbons (Fsp3) is 0.474. The average molecular weight is 776 g/mol. The molecule has 0 unspecified atom stereocenters. The average Bonchev–Trinajstić information content (AvgIpc) is 3.68. The summed E-state index contributed by atoms with van der Waals surface area (Å²) < 4.78 is 48.2. The van der Waals surface area contributed by atoms with Crippen LogP contribution in [-0.2, 0) is 29.5 Å². The monoisotopic (exact) mass is 775 g/mol. The van der Waals surface area contributed by atoms with Gasteiger partial charge >= 0.3 is 12.2 Å². The Hall–Kier alpha value is -5.45. The Morgan fingerprint density at radius 1 is 0.891 bits per heavy atom. The molecule has 2 aromatic heterocycles. The maximum Gasteiger partial charge on any atom is 0.435 e. The van der Waals surface area contributed by atoms with Gasteiger partial charge in [-0.15, -0.1) is 5.10 Å². The van der Waals surface area contributed by atoms with Crippen molar-refractivity contribution in [2.24, 2.45) is 0 Å². The van der Waals surface area contributed by atoms with Crippen LogP contribution in [0.2, 0.25) is 0 Å². The number of sulfone groups is 1. The van der Waals surface area contributed by atoms with Crippen LogP contribution >= 0.6 is 0 Å². The van der Waals surface area contributed by atoms with Crippen LogP contribution in [0.15, 0.2) is 36.4 Å². The van der Waals surface area contributed by atoms with E-state index in [0.29, 0.717) is 46.0 Å². The molecule has 0 bridgehead atoms. The van der Waals surface area contributed by atoms with E-state index in [9.17, 15) is 22.8 Å². The second-order valence-electron chi connectivity index (χ2n) is 16.0. The van der Waals surface area contributed by atoms with E-state index in [1.807, 2.05) is 17.0 Å². The highest BCUT2D eigenvalue weighted by molar-refractivity contribution is 7.91. The maximum absolute atomic E-state index is 14.3. The molecule has 2 fully saturated rings. The summed E-state index contributed by atoms with van der Waals surface area (Å²) >= 11 is 0. The zero-order chi connectivity index (χ0) is 39.8. The van der Waals surface area contributed by atoms with Crippen molar-refractivity contribution in [1.29, 1.82) is 0 Å². The van der Waals surface area contributed by atoms with Crippen LogP contribution in [0.4, 0.5) is 32.7 Å². The van der Waals surface area contributed by atoms with Crippen molar-refractivity contribution in [3.05, 3.63) is 53.3 Å². The van der Waals surface area contributed by atoms with Gasteiger partial charge in [-0.25, -0.2) is 32.9 Å². The first kappa shape index (κ1) is 37.8. The highest BCUT2D eigenvalue weighted by Gasteiger charge is 2.68. The van der Waals surface area contributed by atoms with Gasteiger partial charge in [0.25, 0.3) is 0 Å². The van der Waals surface area contributed by atoms with Crippen molar-refractivity contribution < 1.29 is 41.7 Å². The number of methoxy groups -OCH3 is 2. The minimum Gasteiger partial charge on any atom is -0.497 e. The number of carbonyl (C=O) groups is 3. The maximum atomic E-state index is 14.3. The molecule has 1 saturated carbocycles. The van der Waals surface area contributed by atoms with E-state index in [4.69, 9.17) is 18.9 Å². The number of aryl methyl sites for hydroxylation is 1. The van der Waals surface area contributed by atoms with Gasteiger partial charge in [-0.05, 0) is 96.3 Å². The number of amides is 2. The molecule has 2 atom stereocenters. The molecular weight excluding hydrogens is 731 g/mol. The number of nitrogens with one attached hydrogen (secondary N) is 1. The van der Waals surface area contributed by atoms with E-state index in [2.05, 4.69) is 20.4 Å². The number of nitrogens with zero attached hydrogens (tertiary/aromatic N) is 6. The molecule has 16 nitrogen and oxygen atoms in total. The minimum absolute atomic E-state index is 0.0126. The Balaban J connectivity index is 1.29. The molecule has 2 amide bonds. The van der Waals surface area contributed by atoms with Crippen LogP contribution in [0.5, 0.6) is 11.5 Å². The van der Waals surface area contributed by atoms with Crippen LogP contribution in [0.25, 0.3) is 10.9 Å². The third-order valence-corrected chi connectivity index (χ3v) is 11.4. The molecule has 1 spiro atoms. The Morgan fingerprint density at radius 2 is 1.56 bits per heavy atom. The molecule has 7 rings (SSSR count). The molecule has 1 saturated heterocycles. The van der Waals surface area contributed by atoms with Crippen molar-refractivity contribution in [2.75, 3.05) is 53.9 Å². The van der Waals surface area contributed by atoms with Gasteiger partial charge in [-0.1, -0.05) is 6.07 Å². The van der Waals surface area contributed by atoms with Gasteiger partial charge in [0, 0.05) is 24.4 Å². The van der Waals surface area contributed by atoms with Crippen LogP contribution in [-0.4, -0.2) is 96.3 Å². The number of imide groups is 1. The molecule has 1 N–H and O–H groups in total. The zero-order valence-corrected chi connectivity index (χ0v) is 33.2. The molecule has 17 heteroatoms. The molecule has 0 radical (unpaired) electrons. The Labute approximate surface area is 319 Å². The third kappa shape index (κ3) is 6.89. The summed E-state index contributed by atoms with van der Waals surface area (Å²) in [4.78, 5) is 53.6. The lowest BCUT2D eigenvalue weighted by Crippen LogP contribution is -2.41. The first-order valence-electron chi connectivity index (χ1n) is 17.9. The van der Waals surface area contributed by atoms with Crippen molar-refractivity contribution in [2.45, 2.75) is 77.4 Å². The molecule has 2 aromatic carbocycles. The SMILES string of the molecule is COc1ccc2c(c1)[C@]1(C[C@H]1c1ccc3c(Nc4nc(C)nc(N5CCS(=O)(=O)CC5)c4OC)nn(C(=O)OC(C)(C)C)c3c1)C(=O)N2C(=O)OC(C)(C)C. The predicted molar refractivity (Wildman–Crippen MR) is 205 cm³/mol. The van der Waals surface area contributed by atoms with E-state index < -0.39 is 44.5 Å². The molecule has 55 heavy (non-hydrogen) atoms. The molecule has 292 valence electrons. The number of fused-ring (bicyclic) bond motifs is 3. The second-order valence-corrected chi connectivity index (χ2v) is 18.3. The number of anilines is 4. The lowest BCUT2D eigenvalue weighted by molar-refractivity contribution is -0.120. The summed E-state index contributed by atoms with van der Waals surface area (Å²) in [5.41, 5.74) is -0.487. The summed E-state index contributed by atoms with van der Waals surface area (Å²) in [6.07, 6.45) is -1.08. The van der Waals surface area contributed by atoms with E-state index >= 15 is 0 Å². The number of ether oxygens (including phenoxy) is 4. The number of carbonyl (C=O) groups excluding carboxylic acids is 3. The van der Waals surface area contributed by atoms with E-state index in [0.717, 1.165) is 10.5 Å². The Kier molecular flexibility index (Phi) is 9.01. The van der Waals surface area contributed by atoms with Gasteiger partial charge in [-0.2, -0.15) is 4.68 Å². The molecule has 1 aliphatic carbocycles. The molecule has 2 aliphatic heterocycles. The van der Waals surface area contributed by atoms with Crippen LogP contribution in [0.3, 0.4) is 0 Å². The second kappa shape index (κ2) is 13.1. The molecule has 3 aliphatic rings. The van der Waals surface area contributed by atoms with E-state index in [-0.39, 0.29) is 47.9 Å². The van der Waals surface area contributed by atoms with Crippen molar-refractivity contribution in [1.82, 2.24) is 19.7 Å². The summed E-state index contributed by atoms with van der Waals surface area (Å²) in [5.74, 6) is 1.42. The number of hydrogen-bond donors (Lipinski definition) is 1. The topological polar surface area (TPSA) is 184 Å². The number of aromatic nitrogens is 4. The zero-order valence-electron chi connectivity index (χ0n) is 32.3. The van der Waals surface area contributed by atoms with Crippen LogP contribution < -0.4 is 24.6 Å². The van der Waals surface area contributed by atoms with Gasteiger partial charge < -0.3 is 29.2 Å². The number of benzene rings is 2. The first-order valence-corrected chi connectivity index (χ1v) is 19.7. The van der Waals surface area contributed by atoms with Gasteiger partial charge in [0.1, 0.15) is 22.8 Å². The predicted octanol–water partition coefficient (Wildman–Crippen LogP) is 5.62. The fourth-order valence-electron chi connectivity index (χ4n) is 7.26. The van der Waals surface area contributed by atoms with Crippen molar-refractivity contribution in [3.8, 4) is 11.5 Å². The minimum atomic E-state index is -3.15. The fourth-order valence-corrected chi connectivity index (χ4v) is 8.46. The Morgan fingerprint density at radius 3 is 2.20 bits per heavy atom. The van der Waals surface area contributed by atoms with Gasteiger partial charge in [0.15, 0.2) is 27.3 Å². The Bertz CT molecular complexity index is 2350. The lowest BCUT2D eigenvalue weighted by Gasteiger charge is -2.29. The van der Waals surface area contributed by atoms with Crippen LogP contribution in [0, 0.1) is 6.92 Å².